The van der Waals surface area contributed by atoms with Gasteiger partial charge < -0.3 is 30.1 Å². The van der Waals surface area contributed by atoms with Gasteiger partial charge in [-0.3, -0.25) is 14.4 Å². The lowest BCUT2D eigenvalue weighted by atomic mass is 9.99. The zero-order valence-corrected chi connectivity index (χ0v) is 19.6. The number of nitrogens with zero attached hydrogens (tertiary/aromatic N) is 2. The van der Waals surface area contributed by atoms with Gasteiger partial charge in [-0.25, -0.2) is 4.79 Å². The Kier molecular flexibility index (Phi) is 9.66. The fourth-order valence-electron chi connectivity index (χ4n) is 2.85. The molecule has 0 aliphatic rings. The van der Waals surface area contributed by atoms with Crippen molar-refractivity contribution in [1.29, 1.82) is 5.26 Å². The van der Waals surface area contributed by atoms with Gasteiger partial charge in [0.15, 0.2) is 0 Å². The summed E-state index contributed by atoms with van der Waals surface area (Å²) in [4.78, 5) is 50.7. The molecule has 33 heavy (non-hydrogen) atoms. The van der Waals surface area contributed by atoms with Gasteiger partial charge in [-0.05, 0) is 40.2 Å². The highest BCUT2D eigenvalue weighted by molar-refractivity contribution is 5.93. The van der Waals surface area contributed by atoms with E-state index in [-0.39, 0.29) is 11.3 Å². The molecule has 3 amide bonds. The highest BCUT2D eigenvalue weighted by Crippen LogP contribution is 2.32. The third-order valence-electron chi connectivity index (χ3n) is 4.39. The first-order chi connectivity index (χ1) is 15.3. The lowest BCUT2D eigenvalue weighted by Gasteiger charge is -2.32. The number of hydrogen-bond donors (Lipinski definition) is 3. The van der Waals surface area contributed by atoms with Gasteiger partial charge in [0.2, 0.25) is 11.8 Å². The number of amides is 3. The van der Waals surface area contributed by atoms with Crippen molar-refractivity contribution in [3.63, 3.8) is 0 Å². The van der Waals surface area contributed by atoms with Crippen LogP contribution >= 0.6 is 0 Å². The van der Waals surface area contributed by atoms with E-state index < -0.39 is 54.7 Å². The Labute approximate surface area is 192 Å². The maximum absolute atomic E-state index is 13.2. The van der Waals surface area contributed by atoms with Gasteiger partial charge in [0.25, 0.3) is 0 Å². The lowest BCUT2D eigenvalue weighted by Crippen LogP contribution is -2.52. The second-order valence-electron chi connectivity index (χ2n) is 8.20. The van der Waals surface area contributed by atoms with Crippen LogP contribution in [0.15, 0.2) is 18.2 Å². The number of ether oxygens (including phenoxy) is 2. The Bertz CT molecular complexity index is 934. The number of methoxy groups -OCH3 is 1. The number of esters is 1. The molecule has 0 fully saturated rings. The van der Waals surface area contributed by atoms with Crippen LogP contribution in [0.25, 0.3) is 0 Å². The molecule has 1 aromatic carbocycles. The predicted octanol–water partition coefficient (Wildman–Crippen LogP) is 1.30. The van der Waals surface area contributed by atoms with Crippen LogP contribution in [0, 0.1) is 18.3 Å². The fraction of sp³-hybridized carbons (Fsp3) is 0.500. The number of carbonyl (C=O) groups excluding carboxylic acids is 4. The molecule has 0 aliphatic carbocycles. The van der Waals surface area contributed by atoms with Gasteiger partial charge >= 0.3 is 12.1 Å². The Balaban J connectivity index is 3.34. The minimum Gasteiger partial charge on any atom is -0.507 e. The van der Waals surface area contributed by atoms with Crippen molar-refractivity contribution in [2.75, 3.05) is 20.2 Å². The lowest BCUT2D eigenvalue weighted by molar-refractivity contribution is -0.144. The summed E-state index contributed by atoms with van der Waals surface area (Å²) in [6.45, 7) is 6.92. The van der Waals surface area contributed by atoms with E-state index in [1.54, 1.807) is 39.8 Å². The largest absolute Gasteiger partial charge is 0.507 e. The average Bonchev–Trinajstić information content (AvgIpc) is 2.72. The molecule has 2 unspecified atom stereocenters. The predicted molar refractivity (Wildman–Crippen MR) is 117 cm³/mol. The first kappa shape index (κ1) is 27.2. The molecule has 0 heterocycles. The molecule has 1 rings (SSSR count). The Morgan fingerprint density at radius 2 is 1.88 bits per heavy atom. The number of hydrogen-bond acceptors (Lipinski definition) is 8. The third kappa shape index (κ3) is 7.99. The summed E-state index contributed by atoms with van der Waals surface area (Å²) in [6, 6.07) is 3.78. The van der Waals surface area contributed by atoms with Crippen molar-refractivity contribution in [1.82, 2.24) is 15.5 Å². The molecule has 180 valence electrons. The zero-order chi connectivity index (χ0) is 25.3. The first-order valence-electron chi connectivity index (χ1n) is 10.1. The second kappa shape index (κ2) is 11.7. The molecule has 11 nitrogen and oxygen atoms in total. The Hall–Kier alpha value is -3.81. The summed E-state index contributed by atoms with van der Waals surface area (Å²) in [5.41, 5.74) is -0.323. The van der Waals surface area contributed by atoms with E-state index >= 15 is 0 Å². The number of carbonyl (C=O) groups is 4. The van der Waals surface area contributed by atoms with Gasteiger partial charge in [-0.2, -0.15) is 5.26 Å². The Morgan fingerprint density at radius 3 is 2.42 bits per heavy atom. The quantitative estimate of drug-likeness (QED) is 0.385. The molecular formula is C22H30N4O7. The number of para-hydroxylation sites is 1. The SMILES string of the molecule is COC(=O)CNC(=O)C(c1cccc(C)c1O)N(CC#N)C(=O)C(C)NC(=O)OC(C)(C)C. The fourth-order valence-corrected chi connectivity index (χ4v) is 2.85. The highest BCUT2D eigenvalue weighted by Gasteiger charge is 2.36. The van der Waals surface area contributed by atoms with E-state index in [0.717, 1.165) is 12.0 Å². The molecule has 0 saturated heterocycles. The van der Waals surface area contributed by atoms with Crippen LogP contribution in [0.2, 0.25) is 0 Å². The zero-order valence-electron chi connectivity index (χ0n) is 19.6. The molecule has 1 aromatic rings. The summed E-state index contributed by atoms with van der Waals surface area (Å²) in [6.07, 6.45) is -0.856. The minimum absolute atomic E-state index is 0.0467. The van der Waals surface area contributed by atoms with Gasteiger partial charge in [-0.1, -0.05) is 18.2 Å². The van der Waals surface area contributed by atoms with Crippen LogP contribution in [0.3, 0.4) is 0 Å². The number of aryl methyl sites for hydroxylation is 1. The first-order valence-corrected chi connectivity index (χ1v) is 10.1. The molecule has 3 N–H and O–H groups in total. The van der Waals surface area contributed by atoms with E-state index in [2.05, 4.69) is 15.4 Å². The molecule has 0 radical (unpaired) electrons. The number of benzene rings is 1. The average molecular weight is 463 g/mol. The molecule has 0 aromatic heterocycles. The smallest absolute Gasteiger partial charge is 0.408 e. The van der Waals surface area contributed by atoms with Crippen LogP contribution < -0.4 is 10.6 Å². The maximum atomic E-state index is 13.2. The van der Waals surface area contributed by atoms with Crippen LogP contribution in [0.1, 0.15) is 44.9 Å². The summed E-state index contributed by atoms with van der Waals surface area (Å²) >= 11 is 0. The minimum atomic E-state index is -1.47. The number of rotatable bonds is 8. The van der Waals surface area contributed by atoms with Gasteiger partial charge in [0.1, 0.15) is 36.5 Å². The van der Waals surface area contributed by atoms with E-state index in [1.165, 1.54) is 13.0 Å². The molecule has 2 atom stereocenters. The van der Waals surface area contributed by atoms with Crippen LogP contribution in [0.4, 0.5) is 4.79 Å². The number of phenols is 1. The van der Waals surface area contributed by atoms with Gasteiger partial charge in [0.05, 0.1) is 13.2 Å². The molecule has 0 spiro atoms. The third-order valence-corrected chi connectivity index (χ3v) is 4.39. The molecule has 0 aliphatic heterocycles. The van der Waals surface area contributed by atoms with Gasteiger partial charge in [0, 0.05) is 5.56 Å². The topological polar surface area (TPSA) is 158 Å². The standard InChI is InChI=1S/C22H30N4O7/c1-13-8-7-9-15(18(13)28)17(19(29)24-12-16(27)32-6)26(11-10-23)20(30)14(2)25-21(31)33-22(3,4)5/h7-9,14,17,28H,11-12H2,1-6H3,(H,24,29)(H,25,31). The van der Waals surface area contributed by atoms with Crippen molar-refractivity contribution in [2.45, 2.75) is 52.3 Å². The number of alkyl carbamates (subject to hydrolysis) is 1. The van der Waals surface area contributed by atoms with Crippen LogP contribution in [-0.2, 0) is 23.9 Å². The summed E-state index contributed by atoms with van der Waals surface area (Å²) < 4.78 is 9.66. The van der Waals surface area contributed by atoms with E-state index in [4.69, 9.17) is 4.74 Å². The number of nitriles is 1. The molecule has 0 saturated carbocycles. The van der Waals surface area contributed by atoms with Crippen molar-refractivity contribution >= 4 is 23.9 Å². The van der Waals surface area contributed by atoms with Gasteiger partial charge in [-0.15, -0.1) is 0 Å². The van der Waals surface area contributed by atoms with Crippen molar-refractivity contribution in [3.8, 4) is 11.8 Å². The molecule has 0 bridgehead atoms. The summed E-state index contributed by atoms with van der Waals surface area (Å²) in [5, 5.41) is 24.6. The van der Waals surface area contributed by atoms with Crippen molar-refractivity contribution < 1.29 is 33.8 Å². The molecular weight excluding hydrogens is 432 g/mol. The second-order valence-corrected chi connectivity index (χ2v) is 8.20. The summed E-state index contributed by atoms with van der Waals surface area (Å²) in [7, 11) is 1.15. The molecule has 11 heteroatoms. The summed E-state index contributed by atoms with van der Waals surface area (Å²) in [5.74, 6) is -2.58. The number of phenolic OH excluding ortho intramolecular Hbond substituents is 1. The maximum Gasteiger partial charge on any atom is 0.408 e. The van der Waals surface area contributed by atoms with Crippen molar-refractivity contribution in [3.05, 3.63) is 29.3 Å². The van der Waals surface area contributed by atoms with E-state index in [1.807, 2.05) is 6.07 Å². The number of aromatic hydroxyl groups is 1. The van der Waals surface area contributed by atoms with E-state index in [9.17, 15) is 29.5 Å². The van der Waals surface area contributed by atoms with Crippen LogP contribution in [-0.4, -0.2) is 65.7 Å². The van der Waals surface area contributed by atoms with E-state index in [0.29, 0.717) is 5.56 Å². The Morgan fingerprint density at radius 1 is 1.24 bits per heavy atom. The van der Waals surface area contributed by atoms with Crippen molar-refractivity contribution in [2.24, 2.45) is 0 Å². The number of nitrogens with one attached hydrogen (secondary N) is 2. The van der Waals surface area contributed by atoms with Crippen LogP contribution in [0.5, 0.6) is 5.75 Å². The normalized spacial score (nSPS) is 12.5. The highest BCUT2D eigenvalue weighted by atomic mass is 16.6. The monoisotopic (exact) mass is 462 g/mol.